The molecule has 0 N–H and O–H groups in total. The summed E-state index contributed by atoms with van der Waals surface area (Å²) in [5, 5.41) is 21.6. The van der Waals surface area contributed by atoms with Crippen molar-refractivity contribution in [3.8, 4) is 23.0 Å². The zero-order chi connectivity index (χ0) is 61.4. The number of hydrogen-bond acceptors (Lipinski definition) is 4. The molecule has 28 aliphatic rings. The minimum absolute atomic E-state index is 0.417. The Hall–Kier alpha value is -11.7. The van der Waals surface area contributed by atoms with Crippen molar-refractivity contribution in [1.82, 2.24) is 0 Å². The van der Waals surface area contributed by atoms with Crippen LogP contribution in [0.25, 0.3) is 0 Å². The molecule has 0 amide bonds. The van der Waals surface area contributed by atoms with Gasteiger partial charge in [0.25, 0.3) is 0 Å². The predicted octanol–water partition coefficient (Wildman–Crippen LogP) is 19.2. The van der Waals surface area contributed by atoms with E-state index in [2.05, 4.69) is 315 Å². The van der Waals surface area contributed by atoms with Crippen LogP contribution in [0.3, 0.4) is 0 Å². The van der Waals surface area contributed by atoms with Crippen LogP contribution in [0.1, 0.15) is 22.3 Å². The average Bonchev–Trinajstić information content (AvgIpc) is 0.897. The first-order chi connectivity index (χ1) is 45.5. The summed E-state index contributed by atoms with van der Waals surface area (Å²) in [5.41, 5.74) is 4.37. The second-order valence-corrected chi connectivity index (χ2v) is 23.4. The highest BCUT2D eigenvalue weighted by molar-refractivity contribution is 5.42. The van der Waals surface area contributed by atoms with Gasteiger partial charge in [0.2, 0.25) is 0 Å². The minimum Gasteiger partial charge on any atom is -0.488 e. The largest absolute Gasteiger partial charge is 0.488 e. The smallest absolute Gasteiger partial charge is 0.128 e. The number of benzene rings is 14. The van der Waals surface area contributed by atoms with Crippen LogP contribution in [-0.4, -0.2) is 0 Å². The lowest BCUT2D eigenvalue weighted by Gasteiger charge is -2.12. The van der Waals surface area contributed by atoms with Gasteiger partial charge in [0, 0.05) is 20.9 Å². The molecule has 0 radical (unpaired) electrons. The van der Waals surface area contributed by atoms with Crippen LogP contribution in [0.5, 0.6) is 23.0 Å². The van der Waals surface area contributed by atoms with E-state index < -0.39 is 0 Å². The molecule has 28 aliphatic carbocycles. The van der Waals surface area contributed by atoms with Crippen LogP contribution < -0.4 is 18.9 Å². The molecule has 42 rings (SSSR count). The third-order valence-corrected chi connectivity index (χ3v) is 17.4. The highest BCUT2D eigenvalue weighted by atomic mass is 16.5. The van der Waals surface area contributed by atoms with E-state index in [9.17, 15) is 0 Å². The highest BCUT2D eigenvalue weighted by Gasteiger charge is 2.11. The van der Waals surface area contributed by atoms with E-state index in [1.165, 1.54) is 0 Å². The maximum atomic E-state index is 6.83. The summed E-state index contributed by atoms with van der Waals surface area (Å²) in [7, 11) is 0. The molecular formula is C88H64O4. The van der Waals surface area contributed by atoms with Crippen molar-refractivity contribution in [2.75, 3.05) is 0 Å². The Bertz CT molecular complexity index is 5200. The molecule has 0 atom stereocenters. The van der Waals surface area contributed by atoms with Crippen molar-refractivity contribution in [2.45, 2.75) is 26.4 Å². The summed E-state index contributed by atoms with van der Waals surface area (Å²) in [4.78, 5) is 0. The second kappa shape index (κ2) is 26.2. The van der Waals surface area contributed by atoms with E-state index in [1.807, 2.05) is 24.3 Å². The van der Waals surface area contributed by atoms with E-state index in [4.69, 9.17) is 18.9 Å². The Kier molecular flexibility index (Phi) is 16.1. The van der Waals surface area contributed by atoms with E-state index in [-0.39, 0.29) is 0 Å². The van der Waals surface area contributed by atoms with Gasteiger partial charge in [-0.25, -0.2) is 0 Å². The first-order valence-corrected chi connectivity index (χ1v) is 31.4. The molecule has 0 saturated heterocycles. The molecule has 0 unspecified atom stereocenters. The monoisotopic (exact) mass is 1180 g/mol. The fourth-order valence-electron chi connectivity index (χ4n) is 12.2. The molecule has 0 aromatic heterocycles. The van der Waals surface area contributed by atoms with Gasteiger partial charge in [-0.15, -0.1) is 0 Å². The van der Waals surface area contributed by atoms with Gasteiger partial charge in [0.05, 0.1) is 0 Å². The molecule has 0 fully saturated rings. The van der Waals surface area contributed by atoms with Crippen LogP contribution in [0.4, 0.5) is 0 Å². The lowest BCUT2D eigenvalue weighted by molar-refractivity contribution is 0.293. The summed E-state index contributed by atoms with van der Waals surface area (Å²) < 4.78 is 27.3. The molecule has 0 aliphatic heterocycles. The maximum Gasteiger partial charge on any atom is 0.128 e. The van der Waals surface area contributed by atoms with Gasteiger partial charge < -0.3 is 18.9 Å². The Morgan fingerprint density at radius 2 is 0.272 bits per heavy atom. The van der Waals surface area contributed by atoms with Gasteiger partial charge in [-0.3, -0.25) is 0 Å². The quantitative estimate of drug-likeness (QED) is 0.122. The summed E-state index contributed by atoms with van der Waals surface area (Å²) in [6, 6.07) is 121. The van der Waals surface area contributed by atoms with Gasteiger partial charge in [-0.1, -0.05) is 315 Å². The van der Waals surface area contributed by atoms with Crippen LogP contribution in [0, 0.1) is 104 Å². The molecule has 0 heterocycles. The Labute approximate surface area is 531 Å². The van der Waals surface area contributed by atoms with Crippen molar-refractivity contribution in [3.63, 3.8) is 0 Å². The fraction of sp³-hybridized carbons (Fsp3) is 0.0455. The van der Waals surface area contributed by atoms with E-state index in [1.54, 1.807) is 0 Å². The molecule has 440 valence electrons. The van der Waals surface area contributed by atoms with Gasteiger partial charge in [0.1, 0.15) is 49.4 Å². The Morgan fingerprint density at radius 1 is 0.141 bits per heavy atom. The zero-order valence-electron chi connectivity index (χ0n) is 50.8. The van der Waals surface area contributed by atoms with Crippen LogP contribution in [-0.2, 0) is 26.4 Å². The van der Waals surface area contributed by atoms with E-state index >= 15 is 0 Å². The Balaban J connectivity index is 0.932. The molecule has 4 heteroatoms. The first kappa shape index (κ1) is 56.8. The fourth-order valence-corrected chi connectivity index (χ4v) is 12.2. The molecule has 0 saturated carbocycles. The number of ether oxygens (including phenoxy) is 4. The third kappa shape index (κ3) is 12.6. The van der Waals surface area contributed by atoms with Crippen molar-refractivity contribution >= 4 is 0 Å². The van der Waals surface area contributed by atoms with Crippen molar-refractivity contribution in [2.24, 2.45) is 0 Å². The standard InChI is InChI=1S/C88H64O4/c1-5-13-61(14-6-1)57-89-85-53-82-78-47-39-74(40-48-78)70-31-23-66(24-32-70)68-27-35-72(36-28-68)76-43-51-80(52-44-76)84-56-87(91-59-63-17-9-3-10-18-63)83(55-88(84)92-60-64-19-11-4-12-20-64)79-49-41-75(42-50-79)71-33-25-67(26-34-71)65-21-29-69(30-22-65)73-37-45-77(46-38-73)81(85)54-86(82)90-58-62-15-7-2-8-16-62/h1-56H,57-60H2. The van der Waals surface area contributed by atoms with Gasteiger partial charge >= 0.3 is 0 Å². The Morgan fingerprint density at radius 3 is 0.413 bits per heavy atom. The van der Waals surface area contributed by atoms with Gasteiger partial charge in [-0.2, -0.15) is 0 Å². The average molecular weight is 1190 g/mol. The van der Waals surface area contributed by atoms with Crippen LogP contribution in [0.15, 0.2) is 340 Å². The van der Waals surface area contributed by atoms with Gasteiger partial charge in [-0.05, 0) is 130 Å². The molecule has 20 bridgehead atoms. The minimum atomic E-state index is 0.417. The number of hydrogen-bond donors (Lipinski definition) is 0. The van der Waals surface area contributed by atoms with E-state index in [0.29, 0.717) is 26.4 Å². The van der Waals surface area contributed by atoms with Gasteiger partial charge in [0.15, 0.2) is 0 Å². The lowest BCUT2D eigenvalue weighted by Crippen LogP contribution is -2.00. The van der Waals surface area contributed by atoms with Crippen molar-refractivity contribution < 1.29 is 18.9 Å². The molecule has 0 spiro atoms. The maximum absolute atomic E-state index is 6.83. The second-order valence-electron chi connectivity index (χ2n) is 23.4. The van der Waals surface area contributed by atoms with Crippen LogP contribution in [0.2, 0.25) is 0 Å². The molecule has 92 heavy (non-hydrogen) atoms. The SMILES string of the molecule is c1ccc(COc2cc3c(OCc4ccccc4)cc2=c2ccc(cc2)=c2ccc(cc2)=c2ccc(cc2)=c2ccc(cc2)=c2cc(OCc4ccccc4)c(cc2OCc2ccccc2)=c2ccc(cc2)=c2ccc(cc2)=c2ccc(cc2)=c2ccc=3cc2)cc1. The predicted molar refractivity (Wildman–Crippen MR) is 364 cm³/mol. The molecule has 4 nitrogen and oxygen atoms in total. The normalized spacial score (nSPS) is 11.2. The van der Waals surface area contributed by atoms with Crippen LogP contribution >= 0.6 is 0 Å². The van der Waals surface area contributed by atoms with Crippen molar-refractivity contribution in [1.29, 1.82) is 0 Å². The number of rotatable bonds is 12. The third-order valence-electron chi connectivity index (χ3n) is 17.4. The molecule has 14 aromatic rings. The molecule has 14 aromatic carbocycles. The zero-order valence-corrected chi connectivity index (χ0v) is 50.8. The topological polar surface area (TPSA) is 36.9 Å². The van der Waals surface area contributed by atoms with Crippen molar-refractivity contribution in [3.05, 3.63) is 466 Å². The summed E-state index contributed by atoms with van der Waals surface area (Å²) in [6.07, 6.45) is 0. The molecular weight excluding hydrogens is 1120 g/mol. The summed E-state index contributed by atoms with van der Waals surface area (Å²) in [6.45, 7) is 1.67. The lowest BCUT2D eigenvalue weighted by atomic mass is 10.1. The van der Waals surface area contributed by atoms with E-state index in [0.717, 1.165) is 150 Å². The highest BCUT2D eigenvalue weighted by Crippen LogP contribution is 2.29. The summed E-state index contributed by atoms with van der Waals surface area (Å²) >= 11 is 0. The summed E-state index contributed by atoms with van der Waals surface area (Å²) in [5.74, 6) is 3.11. The first-order valence-electron chi connectivity index (χ1n) is 31.4.